The van der Waals surface area contributed by atoms with Crippen molar-refractivity contribution >= 4 is 39.6 Å². The number of aliphatic hydroxyl groups is 1. The van der Waals surface area contributed by atoms with E-state index in [2.05, 4.69) is 14.9 Å². The number of fused-ring (bicyclic) bond motifs is 2. The van der Waals surface area contributed by atoms with Crippen LogP contribution in [0.4, 0.5) is 10.1 Å². The second-order valence-corrected chi connectivity index (χ2v) is 12.2. The molecule has 7 rings (SSSR count). The van der Waals surface area contributed by atoms with Crippen LogP contribution < -0.4 is 15.8 Å². The number of ether oxygens (including phenoxy) is 1. The number of carbonyl (C=O) groups excluding carboxylic acids is 2. The fourth-order valence-corrected chi connectivity index (χ4v) is 6.29. The lowest BCUT2D eigenvalue weighted by molar-refractivity contribution is 0.0606. The van der Waals surface area contributed by atoms with Gasteiger partial charge in [0.2, 0.25) is 0 Å². The van der Waals surface area contributed by atoms with Crippen LogP contribution in [-0.4, -0.2) is 78.3 Å². The van der Waals surface area contributed by atoms with Gasteiger partial charge in [0.25, 0.3) is 11.8 Å². The predicted molar refractivity (Wildman–Crippen MR) is 170 cm³/mol. The zero-order chi connectivity index (χ0) is 32.1. The highest BCUT2D eigenvalue weighted by Crippen LogP contribution is 2.38. The van der Waals surface area contributed by atoms with Crippen molar-refractivity contribution in [1.82, 2.24) is 29.0 Å². The lowest BCUT2D eigenvalue weighted by Crippen LogP contribution is -2.50. The van der Waals surface area contributed by atoms with Gasteiger partial charge < -0.3 is 34.9 Å². The quantitative estimate of drug-likeness (QED) is 0.236. The summed E-state index contributed by atoms with van der Waals surface area (Å²) in [7, 11) is 3.44. The molecule has 0 bridgehead atoms. The molecule has 0 unspecified atom stereocenters. The predicted octanol–water partition coefficient (Wildman–Crippen LogP) is 3.66. The third-order valence-corrected chi connectivity index (χ3v) is 8.79. The molecule has 2 amide bonds. The molecular weight excluding hydrogens is 591 g/mol. The van der Waals surface area contributed by atoms with Crippen molar-refractivity contribution in [3.05, 3.63) is 65.6 Å². The number of amides is 2. The van der Waals surface area contributed by atoms with Crippen molar-refractivity contribution in [2.75, 3.05) is 25.5 Å². The molecule has 4 N–H and O–H groups in total. The van der Waals surface area contributed by atoms with Crippen molar-refractivity contribution in [2.24, 2.45) is 18.7 Å². The minimum atomic E-state index is -1.16. The number of piperidine rings is 1. The molecule has 1 saturated heterocycles. The number of aromatic nitrogens is 5. The molecule has 238 valence electrons. The van der Waals surface area contributed by atoms with Crippen molar-refractivity contribution in [2.45, 2.75) is 44.6 Å². The monoisotopic (exact) mass is 626 g/mol. The Hall–Kier alpha value is -4.88. The van der Waals surface area contributed by atoms with Crippen LogP contribution in [0.5, 0.6) is 5.75 Å². The van der Waals surface area contributed by atoms with Gasteiger partial charge in [-0.2, -0.15) is 0 Å². The van der Waals surface area contributed by atoms with Gasteiger partial charge in [-0.1, -0.05) is 0 Å². The summed E-state index contributed by atoms with van der Waals surface area (Å²) in [6.07, 6.45) is 4.33. The van der Waals surface area contributed by atoms with Crippen molar-refractivity contribution < 1.29 is 23.8 Å². The minimum Gasteiger partial charge on any atom is -0.494 e. The van der Waals surface area contributed by atoms with E-state index in [0.29, 0.717) is 57.5 Å². The Morgan fingerprint density at radius 2 is 1.98 bits per heavy atom. The Kier molecular flexibility index (Phi) is 7.65. The molecule has 2 atom stereocenters. The standard InChI is InChI=1S/C33H35FN8O4/c1-40-29-26(9-20(11-28(29)46-2)33(45)41-15-22(34)12-23(35)16-41)38-31(40)27-10-19-5-6-25(37-30(19)42(27)14-18-3-4-18)32(44)39-24-7-8-36-13-21(24)17-43/h5-11,13,18,22-23,43H,3-4,12,14-17,35H2,1-2H3,(H,36,39,44)/t22-,23-/m1/s1. The maximum atomic E-state index is 14.3. The number of hydrogen-bond acceptors (Lipinski definition) is 8. The number of aryl methyl sites for hydroxylation is 1. The van der Waals surface area contributed by atoms with E-state index in [9.17, 15) is 19.1 Å². The lowest BCUT2D eigenvalue weighted by atomic mass is 10.0. The number of imidazole rings is 1. The first-order valence-corrected chi connectivity index (χ1v) is 15.3. The maximum absolute atomic E-state index is 14.3. The van der Waals surface area contributed by atoms with Crippen LogP contribution >= 0.6 is 0 Å². The highest BCUT2D eigenvalue weighted by Gasteiger charge is 2.31. The maximum Gasteiger partial charge on any atom is 0.274 e. The van der Waals surface area contributed by atoms with E-state index in [1.54, 1.807) is 37.6 Å². The Morgan fingerprint density at radius 1 is 1.15 bits per heavy atom. The second kappa shape index (κ2) is 11.8. The van der Waals surface area contributed by atoms with Gasteiger partial charge >= 0.3 is 0 Å². The summed E-state index contributed by atoms with van der Waals surface area (Å²) in [6, 6.07) is 10.1. The van der Waals surface area contributed by atoms with E-state index in [1.165, 1.54) is 11.1 Å². The SMILES string of the molecule is COc1cc(C(=O)N2C[C@H](N)C[C@@H](F)C2)cc2nc(-c3cc4ccc(C(=O)Nc5ccncc5CO)nc4n3CC3CC3)n(C)c12. The number of alkyl halides is 1. The number of likely N-dealkylation sites (tertiary alicyclic amines) is 1. The number of pyridine rings is 2. The summed E-state index contributed by atoms with van der Waals surface area (Å²) in [6.45, 7) is 0.735. The largest absolute Gasteiger partial charge is 0.494 e. The minimum absolute atomic E-state index is 0.000208. The van der Waals surface area contributed by atoms with Gasteiger partial charge in [-0.05, 0) is 61.6 Å². The third kappa shape index (κ3) is 5.45. The smallest absolute Gasteiger partial charge is 0.274 e. The van der Waals surface area contributed by atoms with E-state index in [1.807, 2.05) is 23.7 Å². The fraction of sp³-hybridized carbons (Fsp3) is 0.364. The summed E-state index contributed by atoms with van der Waals surface area (Å²) < 4.78 is 24.0. The van der Waals surface area contributed by atoms with E-state index in [0.717, 1.165) is 23.9 Å². The first kappa shape index (κ1) is 29.8. The summed E-state index contributed by atoms with van der Waals surface area (Å²) in [5, 5.41) is 13.3. The zero-order valence-electron chi connectivity index (χ0n) is 25.6. The van der Waals surface area contributed by atoms with Crippen LogP contribution in [0.3, 0.4) is 0 Å². The van der Waals surface area contributed by atoms with Gasteiger partial charge in [0, 0.05) is 60.8 Å². The highest BCUT2D eigenvalue weighted by molar-refractivity contribution is 6.04. The number of halogens is 1. The number of aliphatic hydroxyl groups excluding tert-OH is 1. The Balaban J connectivity index is 1.29. The van der Waals surface area contributed by atoms with Gasteiger partial charge in [-0.25, -0.2) is 14.4 Å². The molecular formula is C33H35FN8O4. The topological polar surface area (TPSA) is 153 Å². The highest BCUT2D eigenvalue weighted by atomic mass is 19.1. The average molecular weight is 627 g/mol. The van der Waals surface area contributed by atoms with Crippen LogP contribution in [0.1, 0.15) is 45.7 Å². The molecule has 4 aromatic heterocycles. The van der Waals surface area contributed by atoms with Gasteiger partial charge in [-0.15, -0.1) is 0 Å². The number of carbonyl (C=O) groups is 2. The van der Waals surface area contributed by atoms with Gasteiger partial charge in [0.1, 0.15) is 28.8 Å². The number of nitrogens with one attached hydrogen (secondary N) is 1. The summed E-state index contributed by atoms with van der Waals surface area (Å²) in [5.41, 5.74) is 10.3. The van der Waals surface area contributed by atoms with Crippen LogP contribution in [0, 0.1) is 5.92 Å². The first-order chi connectivity index (χ1) is 22.2. The zero-order valence-corrected chi connectivity index (χ0v) is 25.6. The van der Waals surface area contributed by atoms with Gasteiger partial charge in [-0.3, -0.25) is 14.6 Å². The number of methoxy groups -OCH3 is 1. The van der Waals surface area contributed by atoms with E-state index in [4.69, 9.17) is 20.4 Å². The molecule has 2 fully saturated rings. The normalized spacial score (nSPS) is 18.3. The summed E-state index contributed by atoms with van der Waals surface area (Å²) in [5.74, 6) is 0.889. The Bertz CT molecular complexity index is 1970. The molecule has 0 radical (unpaired) electrons. The molecule has 13 heteroatoms. The summed E-state index contributed by atoms with van der Waals surface area (Å²) in [4.78, 5) is 41.9. The number of rotatable bonds is 8. The van der Waals surface area contributed by atoms with Crippen LogP contribution in [0.2, 0.25) is 0 Å². The first-order valence-electron chi connectivity index (χ1n) is 15.3. The molecule has 5 heterocycles. The fourth-order valence-electron chi connectivity index (χ4n) is 6.29. The summed E-state index contributed by atoms with van der Waals surface area (Å²) >= 11 is 0. The molecule has 1 aliphatic heterocycles. The molecule has 1 aliphatic carbocycles. The third-order valence-electron chi connectivity index (χ3n) is 8.79. The van der Waals surface area contributed by atoms with Gasteiger partial charge in [0.05, 0.1) is 31.5 Å². The average Bonchev–Trinajstić information content (AvgIpc) is 3.72. The molecule has 46 heavy (non-hydrogen) atoms. The lowest BCUT2D eigenvalue weighted by Gasteiger charge is -2.33. The van der Waals surface area contributed by atoms with Crippen LogP contribution in [-0.2, 0) is 20.2 Å². The van der Waals surface area contributed by atoms with E-state index < -0.39 is 18.1 Å². The van der Waals surface area contributed by atoms with Crippen molar-refractivity contribution in [3.8, 4) is 17.3 Å². The molecule has 0 spiro atoms. The van der Waals surface area contributed by atoms with E-state index >= 15 is 0 Å². The van der Waals surface area contributed by atoms with Crippen LogP contribution in [0.15, 0.2) is 48.8 Å². The van der Waals surface area contributed by atoms with Crippen molar-refractivity contribution in [1.29, 1.82) is 0 Å². The number of hydrogen-bond donors (Lipinski definition) is 3. The number of nitrogens with zero attached hydrogens (tertiary/aromatic N) is 6. The van der Waals surface area contributed by atoms with E-state index in [-0.39, 0.29) is 37.7 Å². The number of anilines is 1. The molecule has 1 aromatic carbocycles. The van der Waals surface area contributed by atoms with Crippen LogP contribution in [0.25, 0.3) is 33.6 Å². The Labute approximate surface area is 264 Å². The number of nitrogens with two attached hydrogens (primary N) is 1. The molecule has 12 nitrogen and oxygen atoms in total. The van der Waals surface area contributed by atoms with Crippen molar-refractivity contribution in [3.63, 3.8) is 0 Å². The number of benzene rings is 1. The second-order valence-electron chi connectivity index (χ2n) is 12.2. The Morgan fingerprint density at radius 3 is 2.72 bits per heavy atom. The molecule has 1 saturated carbocycles. The molecule has 5 aromatic rings. The van der Waals surface area contributed by atoms with Gasteiger partial charge in [0.15, 0.2) is 5.82 Å². The molecule has 2 aliphatic rings.